The first kappa shape index (κ1) is 19.1. The van der Waals surface area contributed by atoms with Crippen molar-refractivity contribution in [1.82, 2.24) is 9.47 Å². The first-order valence-electron chi connectivity index (χ1n) is 9.69. The zero-order valence-electron chi connectivity index (χ0n) is 16.3. The summed E-state index contributed by atoms with van der Waals surface area (Å²) in [5.74, 6) is -0.0358. The molecule has 0 aliphatic heterocycles. The predicted octanol–water partition coefficient (Wildman–Crippen LogP) is 4.00. The van der Waals surface area contributed by atoms with Gasteiger partial charge in [-0.25, -0.2) is 0 Å². The highest BCUT2D eigenvalue weighted by Crippen LogP contribution is 2.32. The van der Waals surface area contributed by atoms with Crippen molar-refractivity contribution in [3.8, 4) is 0 Å². The molecule has 0 atom stereocenters. The summed E-state index contributed by atoms with van der Waals surface area (Å²) in [5, 5.41) is 12.0. The Labute approximate surface area is 168 Å². The van der Waals surface area contributed by atoms with Crippen LogP contribution in [0.25, 0.3) is 10.9 Å². The summed E-state index contributed by atoms with van der Waals surface area (Å²) in [7, 11) is 1.66. The lowest BCUT2D eigenvalue weighted by molar-refractivity contribution is -0.384. The molecule has 29 heavy (non-hydrogen) atoms. The monoisotopic (exact) mass is 393 g/mol. The van der Waals surface area contributed by atoms with E-state index >= 15 is 0 Å². The Morgan fingerprint density at radius 2 is 2.03 bits per heavy atom. The number of non-ortho nitro benzene ring substituents is 1. The average molecular weight is 393 g/mol. The number of carbonyl (C=O) groups is 1. The van der Waals surface area contributed by atoms with Crippen LogP contribution in [0.5, 0.6) is 0 Å². The molecule has 0 saturated heterocycles. The molecule has 0 radical (unpaired) electrons. The normalized spacial score (nSPS) is 13.6. The SMILES string of the molecule is COCCn1cc(C(=O)N(Cc2cccc([N+](=O)[O-])c2)C2CC2)c2ccccc21. The molecule has 0 bridgehead atoms. The number of fused-ring (bicyclic) bond motifs is 1. The van der Waals surface area contributed by atoms with Gasteiger partial charge in [-0.15, -0.1) is 0 Å². The Kier molecular flexibility index (Phi) is 5.31. The number of aromatic nitrogens is 1. The van der Waals surface area contributed by atoms with Gasteiger partial charge in [-0.1, -0.05) is 30.3 Å². The molecule has 4 rings (SSSR count). The predicted molar refractivity (Wildman–Crippen MR) is 110 cm³/mol. The number of benzene rings is 2. The fraction of sp³-hybridized carbons (Fsp3) is 0.318. The molecule has 1 aliphatic carbocycles. The summed E-state index contributed by atoms with van der Waals surface area (Å²) in [4.78, 5) is 26.0. The fourth-order valence-electron chi connectivity index (χ4n) is 3.66. The number of nitrogens with zero attached hydrogens (tertiary/aromatic N) is 3. The molecule has 1 aliphatic rings. The zero-order valence-corrected chi connectivity index (χ0v) is 16.3. The van der Waals surface area contributed by atoms with Crippen LogP contribution in [0, 0.1) is 10.1 Å². The highest BCUT2D eigenvalue weighted by Gasteiger charge is 2.34. The molecular weight excluding hydrogens is 370 g/mol. The Morgan fingerprint density at radius 3 is 2.76 bits per heavy atom. The maximum absolute atomic E-state index is 13.5. The highest BCUT2D eigenvalue weighted by molar-refractivity contribution is 6.07. The van der Waals surface area contributed by atoms with Gasteiger partial charge in [0.05, 0.1) is 17.1 Å². The van der Waals surface area contributed by atoms with Gasteiger partial charge in [0.25, 0.3) is 11.6 Å². The van der Waals surface area contributed by atoms with Crippen molar-refractivity contribution in [3.05, 3.63) is 76.0 Å². The van der Waals surface area contributed by atoms with E-state index in [0.29, 0.717) is 25.3 Å². The molecule has 150 valence electrons. The summed E-state index contributed by atoms with van der Waals surface area (Å²) in [5.41, 5.74) is 2.47. The van der Waals surface area contributed by atoms with Crippen molar-refractivity contribution in [3.63, 3.8) is 0 Å². The van der Waals surface area contributed by atoms with Crippen molar-refractivity contribution in [2.45, 2.75) is 32.0 Å². The van der Waals surface area contributed by atoms with Crippen molar-refractivity contribution >= 4 is 22.5 Å². The van der Waals surface area contributed by atoms with E-state index in [1.807, 2.05) is 46.0 Å². The summed E-state index contributed by atoms with van der Waals surface area (Å²) >= 11 is 0. The molecule has 2 aromatic carbocycles. The lowest BCUT2D eigenvalue weighted by Gasteiger charge is -2.22. The maximum Gasteiger partial charge on any atom is 0.269 e. The highest BCUT2D eigenvalue weighted by atomic mass is 16.6. The van der Waals surface area contributed by atoms with E-state index in [1.54, 1.807) is 19.2 Å². The topological polar surface area (TPSA) is 77.6 Å². The Balaban J connectivity index is 1.66. The lowest BCUT2D eigenvalue weighted by Crippen LogP contribution is -2.32. The van der Waals surface area contributed by atoms with Crippen molar-refractivity contribution < 1.29 is 14.5 Å². The molecule has 3 aromatic rings. The third-order valence-electron chi connectivity index (χ3n) is 5.28. The smallest absolute Gasteiger partial charge is 0.269 e. The van der Waals surface area contributed by atoms with E-state index in [0.717, 1.165) is 29.3 Å². The largest absolute Gasteiger partial charge is 0.383 e. The molecular formula is C22H23N3O4. The van der Waals surface area contributed by atoms with E-state index in [9.17, 15) is 14.9 Å². The van der Waals surface area contributed by atoms with Crippen LogP contribution >= 0.6 is 0 Å². The van der Waals surface area contributed by atoms with Crippen LogP contribution in [0.15, 0.2) is 54.7 Å². The summed E-state index contributed by atoms with van der Waals surface area (Å²) in [6.45, 7) is 1.59. The van der Waals surface area contributed by atoms with E-state index in [1.165, 1.54) is 6.07 Å². The molecule has 1 aromatic heterocycles. The maximum atomic E-state index is 13.5. The van der Waals surface area contributed by atoms with Gasteiger partial charge < -0.3 is 14.2 Å². The quantitative estimate of drug-likeness (QED) is 0.428. The van der Waals surface area contributed by atoms with Crippen LogP contribution in [-0.2, 0) is 17.8 Å². The minimum atomic E-state index is -0.407. The second kappa shape index (κ2) is 8.05. The standard InChI is InChI=1S/C22H23N3O4/c1-29-12-11-23-15-20(19-7-2-3-8-21(19)23)22(26)24(17-9-10-17)14-16-5-4-6-18(13-16)25(27)28/h2-8,13,15,17H,9-12,14H2,1H3. The number of rotatable bonds is 8. The van der Waals surface area contributed by atoms with Gasteiger partial charge in [-0.05, 0) is 24.5 Å². The Hall–Kier alpha value is -3.19. The molecule has 0 spiro atoms. The number of methoxy groups -OCH3 is 1. The zero-order chi connectivity index (χ0) is 20.4. The first-order chi connectivity index (χ1) is 14.1. The minimum Gasteiger partial charge on any atom is -0.383 e. The van der Waals surface area contributed by atoms with Crippen LogP contribution in [0.1, 0.15) is 28.8 Å². The van der Waals surface area contributed by atoms with Crippen LogP contribution < -0.4 is 0 Å². The number of hydrogen-bond donors (Lipinski definition) is 0. The number of carbonyl (C=O) groups excluding carboxylic acids is 1. The van der Waals surface area contributed by atoms with Gasteiger partial charge in [0.1, 0.15) is 0 Å². The third kappa shape index (κ3) is 4.00. The molecule has 1 amide bonds. The summed E-state index contributed by atoms with van der Waals surface area (Å²) in [6.07, 6.45) is 3.82. The molecule has 1 heterocycles. The van der Waals surface area contributed by atoms with Gasteiger partial charge in [-0.2, -0.15) is 0 Å². The summed E-state index contributed by atoms with van der Waals surface area (Å²) in [6, 6.07) is 14.6. The van der Waals surface area contributed by atoms with Crippen LogP contribution in [0.2, 0.25) is 0 Å². The number of nitro groups is 1. The number of nitro benzene ring substituents is 1. The van der Waals surface area contributed by atoms with E-state index < -0.39 is 4.92 Å². The molecule has 1 fully saturated rings. The Morgan fingerprint density at radius 1 is 1.24 bits per heavy atom. The first-order valence-corrected chi connectivity index (χ1v) is 9.69. The van der Waals surface area contributed by atoms with Gasteiger partial charge in [0, 0.05) is 55.5 Å². The fourth-order valence-corrected chi connectivity index (χ4v) is 3.66. The van der Waals surface area contributed by atoms with E-state index in [-0.39, 0.29) is 17.6 Å². The number of para-hydroxylation sites is 1. The number of ether oxygens (including phenoxy) is 1. The van der Waals surface area contributed by atoms with Gasteiger partial charge in [-0.3, -0.25) is 14.9 Å². The van der Waals surface area contributed by atoms with Gasteiger partial charge in [0.2, 0.25) is 0 Å². The summed E-state index contributed by atoms with van der Waals surface area (Å²) < 4.78 is 7.24. The third-order valence-corrected chi connectivity index (χ3v) is 5.28. The van der Waals surface area contributed by atoms with E-state index in [4.69, 9.17) is 4.74 Å². The second-order valence-electron chi connectivity index (χ2n) is 7.34. The van der Waals surface area contributed by atoms with Crippen LogP contribution in [0.3, 0.4) is 0 Å². The van der Waals surface area contributed by atoms with E-state index in [2.05, 4.69) is 0 Å². The molecule has 0 N–H and O–H groups in total. The van der Waals surface area contributed by atoms with Gasteiger partial charge >= 0.3 is 0 Å². The van der Waals surface area contributed by atoms with Crippen molar-refractivity contribution in [2.24, 2.45) is 0 Å². The second-order valence-corrected chi connectivity index (χ2v) is 7.34. The van der Waals surface area contributed by atoms with Crippen molar-refractivity contribution in [2.75, 3.05) is 13.7 Å². The van der Waals surface area contributed by atoms with Crippen molar-refractivity contribution in [1.29, 1.82) is 0 Å². The Bertz CT molecular complexity index is 1060. The molecule has 7 heteroatoms. The molecule has 0 unspecified atom stereocenters. The van der Waals surface area contributed by atoms with Crippen LogP contribution in [0.4, 0.5) is 5.69 Å². The van der Waals surface area contributed by atoms with Crippen LogP contribution in [-0.4, -0.2) is 40.1 Å². The van der Waals surface area contributed by atoms with Gasteiger partial charge in [0.15, 0.2) is 0 Å². The number of amides is 1. The molecule has 1 saturated carbocycles. The molecule has 7 nitrogen and oxygen atoms in total. The minimum absolute atomic E-state index is 0.0358. The lowest BCUT2D eigenvalue weighted by atomic mass is 10.1. The average Bonchev–Trinajstić information content (AvgIpc) is 3.51. The number of hydrogen-bond acceptors (Lipinski definition) is 4.